The van der Waals surface area contributed by atoms with Gasteiger partial charge in [0.25, 0.3) is 5.91 Å². The first-order valence-corrected chi connectivity index (χ1v) is 9.51. The predicted octanol–water partition coefficient (Wildman–Crippen LogP) is 5.41. The minimum absolute atomic E-state index is 0.111. The largest absolute Gasteiger partial charge is 0.493 e. The first-order chi connectivity index (χ1) is 12.4. The summed E-state index contributed by atoms with van der Waals surface area (Å²) < 4.78 is 11.7. The van der Waals surface area contributed by atoms with Gasteiger partial charge in [-0.15, -0.1) is 0 Å². The van der Waals surface area contributed by atoms with Gasteiger partial charge in [-0.25, -0.2) is 0 Å². The SMILES string of the molecule is CCCOc1ccc(NC(=O)C(C)(CC(C)C)OCC)c2ccccc12. The molecule has 2 rings (SSSR count). The van der Waals surface area contributed by atoms with Gasteiger partial charge in [-0.1, -0.05) is 45.0 Å². The lowest BCUT2D eigenvalue weighted by atomic mass is 9.92. The molecule has 2 aromatic rings. The fourth-order valence-corrected chi connectivity index (χ4v) is 3.29. The number of rotatable bonds is 9. The van der Waals surface area contributed by atoms with Crippen molar-refractivity contribution in [2.24, 2.45) is 5.92 Å². The molecule has 4 nitrogen and oxygen atoms in total. The van der Waals surface area contributed by atoms with Crippen LogP contribution < -0.4 is 10.1 Å². The molecule has 2 aromatic carbocycles. The van der Waals surface area contributed by atoms with Crippen LogP contribution in [0.4, 0.5) is 5.69 Å². The number of amides is 1. The molecule has 0 aliphatic carbocycles. The highest BCUT2D eigenvalue weighted by molar-refractivity contribution is 6.06. The van der Waals surface area contributed by atoms with Crippen molar-refractivity contribution in [1.82, 2.24) is 0 Å². The third-order valence-corrected chi connectivity index (χ3v) is 4.33. The summed E-state index contributed by atoms with van der Waals surface area (Å²) in [6.45, 7) is 11.2. The van der Waals surface area contributed by atoms with Gasteiger partial charge in [0.15, 0.2) is 0 Å². The highest BCUT2D eigenvalue weighted by atomic mass is 16.5. The van der Waals surface area contributed by atoms with E-state index in [1.54, 1.807) is 0 Å². The van der Waals surface area contributed by atoms with Crippen molar-refractivity contribution in [2.75, 3.05) is 18.5 Å². The Kier molecular flexibility index (Phi) is 7.04. The first-order valence-electron chi connectivity index (χ1n) is 9.51. The minimum Gasteiger partial charge on any atom is -0.493 e. The average Bonchev–Trinajstić information content (AvgIpc) is 2.60. The fourth-order valence-electron chi connectivity index (χ4n) is 3.29. The van der Waals surface area contributed by atoms with Gasteiger partial charge >= 0.3 is 0 Å². The van der Waals surface area contributed by atoms with E-state index in [4.69, 9.17) is 9.47 Å². The number of anilines is 1. The standard InChI is InChI=1S/C22H31NO3/c1-6-14-25-20-13-12-19(17-10-8-9-11-18(17)20)23-21(24)22(5,26-7-2)15-16(3)4/h8-13,16H,6-7,14-15H2,1-5H3,(H,23,24). The number of fused-ring (bicyclic) bond motifs is 1. The lowest BCUT2D eigenvalue weighted by Crippen LogP contribution is -2.44. The Labute approximate surface area is 156 Å². The smallest absolute Gasteiger partial charge is 0.256 e. The van der Waals surface area contributed by atoms with Crippen LogP contribution in [-0.4, -0.2) is 24.7 Å². The molecular weight excluding hydrogens is 326 g/mol. The number of benzene rings is 2. The highest BCUT2D eigenvalue weighted by Crippen LogP contribution is 2.33. The Bertz CT molecular complexity index is 741. The van der Waals surface area contributed by atoms with Crippen LogP contribution in [0, 0.1) is 5.92 Å². The maximum atomic E-state index is 13.0. The zero-order valence-electron chi connectivity index (χ0n) is 16.6. The van der Waals surface area contributed by atoms with E-state index in [1.807, 2.05) is 50.2 Å². The van der Waals surface area contributed by atoms with E-state index in [1.165, 1.54) is 0 Å². The number of hydrogen-bond donors (Lipinski definition) is 1. The summed E-state index contributed by atoms with van der Waals surface area (Å²) in [7, 11) is 0. The molecule has 0 saturated heterocycles. The molecule has 0 saturated carbocycles. The van der Waals surface area contributed by atoms with Crippen LogP contribution in [0.15, 0.2) is 36.4 Å². The molecule has 0 fully saturated rings. The van der Waals surface area contributed by atoms with E-state index in [0.717, 1.165) is 28.6 Å². The molecule has 0 radical (unpaired) electrons. The molecule has 1 N–H and O–H groups in total. The van der Waals surface area contributed by atoms with Crippen LogP contribution in [0.25, 0.3) is 10.8 Å². The molecule has 1 atom stereocenters. The number of carbonyl (C=O) groups excluding carboxylic acids is 1. The predicted molar refractivity (Wildman–Crippen MR) is 108 cm³/mol. The molecule has 4 heteroatoms. The third-order valence-electron chi connectivity index (χ3n) is 4.33. The molecule has 0 aliphatic rings. The van der Waals surface area contributed by atoms with Gasteiger partial charge in [0.1, 0.15) is 11.4 Å². The van der Waals surface area contributed by atoms with Crippen molar-refractivity contribution in [3.05, 3.63) is 36.4 Å². The van der Waals surface area contributed by atoms with E-state index >= 15 is 0 Å². The quantitative estimate of drug-likeness (QED) is 0.653. The van der Waals surface area contributed by atoms with Gasteiger partial charge < -0.3 is 14.8 Å². The normalized spacial score (nSPS) is 13.6. The molecular formula is C22H31NO3. The molecule has 1 amide bonds. The Hall–Kier alpha value is -2.07. The Morgan fingerprint density at radius 2 is 1.81 bits per heavy atom. The summed E-state index contributed by atoms with van der Waals surface area (Å²) in [5.74, 6) is 1.09. The Balaban J connectivity index is 2.34. The van der Waals surface area contributed by atoms with Crippen LogP contribution >= 0.6 is 0 Å². The molecule has 0 bridgehead atoms. The van der Waals surface area contributed by atoms with Gasteiger partial charge in [0, 0.05) is 23.1 Å². The molecule has 0 aromatic heterocycles. The van der Waals surface area contributed by atoms with E-state index in [0.29, 0.717) is 25.6 Å². The maximum absolute atomic E-state index is 13.0. The molecule has 0 aliphatic heterocycles. The van der Waals surface area contributed by atoms with Crippen molar-refractivity contribution < 1.29 is 14.3 Å². The first kappa shape index (κ1) is 20.2. The number of hydrogen-bond acceptors (Lipinski definition) is 3. The number of carbonyl (C=O) groups is 1. The minimum atomic E-state index is -0.846. The van der Waals surface area contributed by atoms with Crippen molar-refractivity contribution in [3.8, 4) is 5.75 Å². The van der Waals surface area contributed by atoms with Gasteiger partial charge in [-0.2, -0.15) is 0 Å². The van der Waals surface area contributed by atoms with Gasteiger partial charge in [-0.05, 0) is 44.7 Å². The van der Waals surface area contributed by atoms with E-state index in [9.17, 15) is 4.79 Å². The van der Waals surface area contributed by atoms with Gasteiger partial charge in [0.2, 0.25) is 0 Å². The van der Waals surface area contributed by atoms with E-state index in [2.05, 4.69) is 26.1 Å². The summed E-state index contributed by atoms with van der Waals surface area (Å²) >= 11 is 0. The van der Waals surface area contributed by atoms with Crippen LogP contribution in [-0.2, 0) is 9.53 Å². The molecule has 26 heavy (non-hydrogen) atoms. The Morgan fingerprint density at radius 3 is 2.42 bits per heavy atom. The lowest BCUT2D eigenvalue weighted by Gasteiger charge is -2.30. The second-order valence-corrected chi connectivity index (χ2v) is 7.22. The van der Waals surface area contributed by atoms with Crippen molar-refractivity contribution in [1.29, 1.82) is 0 Å². The summed E-state index contributed by atoms with van der Waals surface area (Å²) in [4.78, 5) is 13.0. The topological polar surface area (TPSA) is 47.6 Å². The molecule has 1 unspecified atom stereocenters. The van der Waals surface area contributed by atoms with E-state index < -0.39 is 5.60 Å². The van der Waals surface area contributed by atoms with E-state index in [-0.39, 0.29) is 5.91 Å². The summed E-state index contributed by atoms with van der Waals surface area (Å²) in [6, 6.07) is 11.8. The maximum Gasteiger partial charge on any atom is 0.256 e. The second kappa shape index (κ2) is 9.04. The van der Waals surface area contributed by atoms with Gasteiger partial charge in [-0.3, -0.25) is 4.79 Å². The zero-order chi connectivity index (χ0) is 19.2. The summed E-state index contributed by atoms with van der Waals surface area (Å²) in [5, 5.41) is 5.05. The highest BCUT2D eigenvalue weighted by Gasteiger charge is 2.35. The summed E-state index contributed by atoms with van der Waals surface area (Å²) in [6.07, 6.45) is 1.62. The van der Waals surface area contributed by atoms with Crippen molar-refractivity contribution in [3.63, 3.8) is 0 Å². The molecule has 0 spiro atoms. The van der Waals surface area contributed by atoms with Crippen LogP contribution in [0.1, 0.15) is 47.5 Å². The monoisotopic (exact) mass is 357 g/mol. The summed E-state index contributed by atoms with van der Waals surface area (Å²) in [5.41, 5.74) is -0.0642. The third kappa shape index (κ3) is 4.76. The van der Waals surface area contributed by atoms with Crippen LogP contribution in [0.3, 0.4) is 0 Å². The lowest BCUT2D eigenvalue weighted by molar-refractivity contribution is -0.140. The average molecular weight is 357 g/mol. The second-order valence-electron chi connectivity index (χ2n) is 7.22. The van der Waals surface area contributed by atoms with Crippen LogP contribution in [0.5, 0.6) is 5.75 Å². The molecule has 142 valence electrons. The van der Waals surface area contributed by atoms with Gasteiger partial charge in [0.05, 0.1) is 6.61 Å². The van der Waals surface area contributed by atoms with Crippen molar-refractivity contribution >= 4 is 22.4 Å². The number of nitrogens with one attached hydrogen (secondary N) is 1. The number of ether oxygens (including phenoxy) is 2. The Morgan fingerprint density at radius 1 is 1.12 bits per heavy atom. The van der Waals surface area contributed by atoms with Crippen LogP contribution in [0.2, 0.25) is 0 Å². The fraction of sp³-hybridized carbons (Fsp3) is 0.500. The van der Waals surface area contributed by atoms with Crippen molar-refractivity contribution in [2.45, 2.75) is 53.1 Å². The zero-order valence-corrected chi connectivity index (χ0v) is 16.6. The molecule has 0 heterocycles.